The second-order valence-corrected chi connectivity index (χ2v) is 17.9. The van der Waals surface area contributed by atoms with Crippen LogP contribution >= 0.6 is 0 Å². The molecule has 0 radical (unpaired) electrons. The van der Waals surface area contributed by atoms with Crippen LogP contribution in [0.4, 0.5) is 26.0 Å². The van der Waals surface area contributed by atoms with Crippen LogP contribution < -0.4 is 26.1 Å². The zero-order chi connectivity index (χ0) is 43.4. The Bertz CT molecular complexity index is 2550. The molecule has 3 aliphatic heterocycles. The molecule has 1 aromatic carbocycles. The Morgan fingerprint density at radius 3 is 2.47 bits per heavy atom. The van der Waals surface area contributed by atoms with Crippen molar-refractivity contribution in [2.24, 2.45) is 13.0 Å². The largest absolute Gasteiger partial charge is 0.390 e. The first kappa shape index (κ1) is 41.7. The summed E-state index contributed by atoms with van der Waals surface area (Å²) >= 11 is 0. The van der Waals surface area contributed by atoms with E-state index >= 15 is 0 Å². The van der Waals surface area contributed by atoms with E-state index in [1.54, 1.807) is 28.6 Å². The zero-order valence-corrected chi connectivity index (χ0v) is 35.3. The minimum Gasteiger partial charge on any atom is -0.390 e. The standard InChI is InChI=1S/C43H54F2N12O5/c1-43(62)16-21-54(22-17-43)34-15-20-55-39(48-34)29(23-46-55)40(59)47-30-25-56(50-36(30)38(44)45)28-9-7-26(8-10-28)24-51(2)27-13-18-53(19-14-27)31-5-4-6-32-37(31)52(3)42(61)57(32)33-11-12-35(58)49-41(33)60/h4-6,15,20,23,25-28,33,38,62H,7-14,16-19,21-22,24H2,1-3H3,(H,47,59)(H,49,58,60). The number of hydrogen-bond donors (Lipinski definition) is 3. The lowest BCUT2D eigenvalue weighted by molar-refractivity contribution is -0.135. The number of carbonyl (C=O) groups is 3. The van der Waals surface area contributed by atoms with Crippen molar-refractivity contribution in [3.63, 3.8) is 0 Å². The minimum absolute atomic E-state index is 0.0303. The van der Waals surface area contributed by atoms with Crippen LogP contribution in [-0.4, -0.2) is 113 Å². The summed E-state index contributed by atoms with van der Waals surface area (Å²) in [5, 5.41) is 24.0. The van der Waals surface area contributed by atoms with Gasteiger partial charge >= 0.3 is 5.69 Å². The van der Waals surface area contributed by atoms with Crippen LogP contribution in [0.15, 0.2) is 47.7 Å². The van der Waals surface area contributed by atoms with Crippen LogP contribution in [0, 0.1) is 5.92 Å². The summed E-state index contributed by atoms with van der Waals surface area (Å²) in [5.41, 5.74) is 1.37. The number of para-hydroxylation sites is 1. The number of fused-ring (bicyclic) bond motifs is 2. The van der Waals surface area contributed by atoms with Crippen LogP contribution in [-0.2, 0) is 16.6 Å². The van der Waals surface area contributed by atoms with Gasteiger partial charge in [0.15, 0.2) is 11.3 Å². The first-order valence-electron chi connectivity index (χ1n) is 21.7. The lowest BCUT2D eigenvalue weighted by Crippen LogP contribution is -2.45. The summed E-state index contributed by atoms with van der Waals surface area (Å²) < 4.78 is 34.9. The second kappa shape index (κ2) is 16.5. The highest BCUT2D eigenvalue weighted by Crippen LogP contribution is 2.37. The van der Waals surface area contributed by atoms with Gasteiger partial charge < -0.3 is 25.1 Å². The van der Waals surface area contributed by atoms with Crippen molar-refractivity contribution >= 4 is 51.6 Å². The number of anilines is 3. The molecule has 5 aromatic rings. The Kier molecular flexibility index (Phi) is 11.1. The number of aryl methyl sites for hydroxylation is 1. The molecular formula is C43H54F2N12O5. The number of imide groups is 1. The number of rotatable bonds is 10. The SMILES string of the molecule is CN(CC1CCC(n2cc(NC(=O)c3cnn4ccc(N5CCC(C)(O)CC5)nc34)c(C(F)F)n2)CC1)C1CCN(c2cccc3c2n(C)c(=O)n3C2CCC(=O)NC2=O)CC1. The molecule has 1 atom stereocenters. The van der Waals surface area contributed by atoms with Crippen molar-refractivity contribution in [2.45, 2.75) is 101 Å². The van der Waals surface area contributed by atoms with Crippen LogP contribution in [0.25, 0.3) is 16.7 Å². The van der Waals surface area contributed by atoms with Crippen molar-refractivity contribution in [3.05, 3.63) is 64.6 Å². The fraction of sp³-hybridized carbons (Fsp3) is 0.558. The van der Waals surface area contributed by atoms with E-state index in [1.165, 1.54) is 21.5 Å². The number of imidazole rings is 1. The number of piperidine rings is 3. The fourth-order valence-corrected chi connectivity index (χ4v) is 10.1. The van der Waals surface area contributed by atoms with Crippen molar-refractivity contribution in [1.82, 2.24) is 43.7 Å². The van der Waals surface area contributed by atoms with Gasteiger partial charge in [0, 0.05) is 64.6 Å². The number of amides is 3. The zero-order valence-electron chi connectivity index (χ0n) is 35.3. The number of aliphatic hydroxyl groups is 1. The Hall–Kier alpha value is -5.69. The fourth-order valence-electron chi connectivity index (χ4n) is 10.1. The molecule has 3 amide bonds. The summed E-state index contributed by atoms with van der Waals surface area (Å²) in [6.45, 7) is 5.58. The molecule has 4 aliphatic rings. The normalized spacial score (nSPS) is 22.6. The smallest absolute Gasteiger partial charge is 0.329 e. The topological polar surface area (TPSA) is 180 Å². The molecule has 0 bridgehead atoms. The highest BCUT2D eigenvalue weighted by molar-refractivity contribution is 6.08. The van der Waals surface area contributed by atoms with Crippen molar-refractivity contribution in [1.29, 1.82) is 0 Å². The van der Waals surface area contributed by atoms with Crippen molar-refractivity contribution in [3.8, 4) is 0 Å². The molecule has 7 heterocycles. The molecule has 9 rings (SSSR count). The maximum Gasteiger partial charge on any atom is 0.329 e. The average molecular weight is 857 g/mol. The molecule has 62 heavy (non-hydrogen) atoms. The van der Waals surface area contributed by atoms with Crippen LogP contribution in [0.1, 0.15) is 106 Å². The van der Waals surface area contributed by atoms with Crippen LogP contribution in [0.2, 0.25) is 0 Å². The van der Waals surface area contributed by atoms with Crippen molar-refractivity contribution in [2.75, 3.05) is 54.9 Å². The highest BCUT2D eigenvalue weighted by Gasteiger charge is 2.34. The molecule has 4 aromatic heterocycles. The molecule has 4 fully saturated rings. The van der Waals surface area contributed by atoms with Gasteiger partial charge in [-0.15, -0.1) is 0 Å². The number of nitrogens with one attached hydrogen (secondary N) is 2. The number of aromatic nitrogens is 7. The maximum atomic E-state index is 14.3. The molecular weight excluding hydrogens is 803 g/mol. The van der Waals surface area contributed by atoms with E-state index in [2.05, 4.69) is 37.7 Å². The van der Waals surface area contributed by atoms with Crippen LogP contribution in [0.3, 0.4) is 0 Å². The molecule has 1 saturated carbocycles. The Morgan fingerprint density at radius 2 is 1.76 bits per heavy atom. The molecule has 330 valence electrons. The summed E-state index contributed by atoms with van der Waals surface area (Å²) in [7, 11) is 3.91. The number of alkyl halides is 2. The van der Waals surface area contributed by atoms with Gasteiger partial charge in [0.05, 0.1) is 40.2 Å². The van der Waals surface area contributed by atoms with Gasteiger partial charge in [0.1, 0.15) is 17.4 Å². The first-order valence-corrected chi connectivity index (χ1v) is 21.7. The van der Waals surface area contributed by atoms with Gasteiger partial charge in [0.25, 0.3) is 12.3 Å². The van der Waals surface area contributed by atoms with E-state index in [0.717, 1.165) is 69.4 Å². The third-order valence-corrected chi connectivity index (χ3v) is 13.7. The van der Waals surface area contributed by atoms with Gasteiger partial charge in [-0.25, -0.2) is 23.1 Å². The van der Waals surface area contributed by atoms with Crippen molar-refractivity contribution < 1.29 is 28.3 Å². The molecule has 0 spiro atoms. The number of carbonyl (C=O) groups excluding carboxylic acids is 3. The predicted molar refractivity (Wildman–Crippen MR) is 228 cm³/mol. The van der Waals surface area contributed by atoms with E-state index < -0.39 is 35.6 Å². The van der Waals surface area contributed by atoms with Gasteiger partial charge in [-0.3, -0.25) is 33.5 Å². The molecule has 19 heteroatoms. The summed E-state index contributed by atoms with van der Waals surface area (Å²) in [6.07, 6.45) is 8.68. The van der Waals surface area contributed by atoms with Gasteiger partial charge in [-0.05, 0) is 95.9 Å². The molecule has 1 unspecified atom stereocenters. The van der Waals surface area contributed by atoms with Gasteiger partial charge in [-0.2, -0.15) is 10.2 Å². The monoisotopic (exact) mass is 856 g/mol. The summed E-state index contributed by atoms with van der Waals surface area (Å²) in [4.78, 5) is 63.1. The quantitative estimate of drug-likeness (QED) is 0.169. The minimum atomic E-state index is -2.88. The number of benzene rings is 1. The predicted octanol–water partition coefficient (Wildman–Crippen LogP) is 4.43. The molecule has 3 N–H and O–H groups in total. The molecule has 1 aliphatic carbocycles. The molecule has 17 nitrogen and oxygen atoms in total. The first-order chi connectivity index (χ1) is 29.7. The van der Waals surface area contributed by atoms with Gasteiger partial charge in [0.2, 0.25) is 11.8 Å². The van der Waals surface area contributed by atoms with E-state index in [0.29, 0.717) is 54.9 Å². The summed E-state index contributed by atoms with van der Waals surface area (Å²) in [6, 6.07) is 7.19. The van der Waals surface area contributed by atoms with E-state index in [-0.39, 0.29) is 41.7 Å². The van der Waals surface area contributed by atoms with Crippen LogP contribution in [0.5, 0.6) is 0 Å². The lowest BCUT2D eigenvalue weighted by atomic mass is 9.85. The van der Waals surface area contributed by atoms with E-state index in [9.17, 15) is 33.1 Å². The van der Waals surface area contributed by atoms with E-state index in [4.69, 9.17) is 4.98 Å². The second-order valence-electron chi connectivity index (χ2n) is 17.9. The summed E-state index contributed by atoms with van der Waals surface area (Å²) in [5.74, 6) is -0.274. The number of nitrogens with zero attached hydrogens (tertiary/aromatic N) is 10. The Balaban J connectivity index is 0.798. The average Bonchev–Trinajstić information content (AvgIpc) is 3.95. The Morgan fingerprint density at radius 1 is 1.02 bits per heavy atom. The number of hydrogen-bond acceptors (Lipinski definition) is 11. The number of halogens is 2. The Labute approximate surface area is 356 Å². The maximum absolute atomic E-state index is 14.3. The van der Waals surface area contributed by atoms with Gasteiger partial charge in [-0.1, -0.05) is 6.07 Å². The third kappa shape index (κ3) is 7.95. The molecule has 3 saturated heterocycles. The highest BCUT2D eigenvalue weighted by atomic mass is 19.3. The van der Waals surface area contributed by atoms with E-state index in [1.807, 2.05) is 30.0 Å². The third-order valence-electron chi connectivity index (χ3n) is 13.7. The lowest BCUT2D eigenvalue weighted by Gasteiger charge is -2.40.